The van der Waals surface area contributed by atoms with Crippen molar-refractivity contribution < 1.29 is 31.5 Å². The van der Waals surface area contributed by atoms with Crippen LogP contribution in [0, 0.1) is 0 Å². The Bertz CT molecular complexity index is 8.00. The second kappa shape index (κ2) is 29.4. The van der Waals surface area contributed by atoms with E-state index in [1.807, 2.05) is 0 Å². The number of hydrogen-bond acceptors (Lipinski definition) is 1. The summed E-state index contributed by atoms with van der Waals surface area (Å²) in [4.78, 5) is 0. The van der Waals surface area contributed by atoms with Gasteiger partial charge in [0, 0.05) is 23.2 Å². The fraction of sp³-hybridized carbons (Fsp3) is 0. The van der Waals surface area contributed by atoms with Crippen LogP contribution in [0.15, 0.2) is 0 Å². The van der Waals surface area contributed by atoms with Gasteiger partial charge in [-0.3, -0.25) is 0 Å². The van der Waals surface area contributed by atoms with Gasteiger partial charge >= 0.3 is 24.9 Å². The van der Waals surface area contributed by atoms with Crippen LogP contribution in [0.5, 0.6) is 0 Å². The number of hydrogen-bond donors (Lipinski definition) is 0. The summed E-state index contributed by atoms with van der Waals surface area (Å²) in [5.41, 5.74) is 0. The molecule has 30 valence electrons. The first-order valence-corrected chi connectivity index (χ1v) is 1.79. The topological polar surface area (TPSA) is 30.5 Å². The Morgan fingerprint density at radius 1 is 1.25 bits per heavy atom. The van der Waals surface area contributed by atoms with Gasteiger partial charge in [-0.25, -0.2) is 0 Å². The van der Waals surface area contributed by atoms with Crippen molar-refractivity contribution in [1.82, 2.24) is 6.15 Å². The van der Waals surface area contributed by atoms with E-state index in [4.69, 9.17) is 0 Å². The van der Waals surface area contributed by atoms with Crippen molar-refractivity contribution in [2.45, 2.75) is 0 Å². The summed E-state index contributed by atoms with van der Waals surface area (Å²) in [6, 6.07) is 0. The predicted octanol–water partition coefficient (Wildman–Crippen LogP) is 0.163. The molecule has 0 amide bonds. The van der Waals surface area contributed by atoms with Gasteiger partial charge in [0.15, 0.2) is 0 Å². The molecule has 0 aliphatic rings. The molecule has 0 aromatic rings. The van der Waals surface area contributed by atoms with Crippen molar-refractivity contribution in [2.75, 3.05) is 0 Å². The number of nitrogens with zero attached hydrogens (tertiary/aromatic N) is 1. The third kappa shape index (κ3) is 10.7. The van der Waals surface area contributed by atoms with E-state index in [9.17, 15) is 0 Å². The van der Waals surface area contributed by atoms with Gasteiger partial charge in [-0.15, -0.1) is 0 Å². The minimum absolute atomic E-state index is 0. The van der Waals surface area contributed by atoms with Crippen molar-refractivity contribution in [3.05, 3.63) is 0 Å². The van der Waals surface area contributed by atoms with Crippen LogP contribution in [-0.2, 0) is 31.5 Å². The fourth-order valence-electron chi connectivity index (χ4n) is 0. The summed E-state index contributed by atoms with van der Waals surface area (Å²) in [7, 11) is 3.83. The first-order valence-electron chi connectivity index (χ1n) is 0.144. The van der Waals surface area contributed by atoms with Gasteiger partial charge in [-0.05, 0) is 0 Å². The molecule has 0 fully saturated rings. The van der Waals surface area contributed by atoms with Gasteiger partial charge in [0.25, 0.3) is 0 Å². The second-order valence-electron chi connectivity index (χ2n) is 0. The van der Waals surface area contributed by atoms with E-state index in [2.05, 4.69) is 24.9 Å². The normalized spacial score (nSPS) is 1.25. The Kier molecular flexibility index (Phi) is 139. The molecule has 4 heteroatoms. The Hall–Kier alpha value is 1.22. The SMILES string of the molecule is [Cu].[N].[S]=[Fe]. The molecular formula is CuFeNS. The molecule has 4 heavy (non-hydrogen) atoms. The molecule has 0 saturated carbocycles. The molecule has 0 unspecified atom stereocenters. The average Bonchev–Trinajstić information content (AvgIpc) is 1.00. The van der Waals surface area contributed by atoms with E-state index in [1.54, 1.807) is 0 Å². The van der Waals surface area contributed by atoms with Gasteiger partial charge in [-0.2, -0.15) is 0 Å². The molecule has 0 saturated heterocycles. The molecule has 0 atom stereocenters. The van der Waals surface area contributed by atoms with Gasteiger partial charge in [0.05, 0.1) is 0 Å². The summed E-state index contributed by atoms with van der Waals surface area (Å²) >= 11 is 2.83. The van der Waals surface area contributed by atoms with Crippen molar-refractivity contribution in [2.24, 2.45) is 0 Å². The third-order valence-corrected chi connectivity index (χ3v) is 0. The maximum absolute atomic E-state index is 3.83. The molecule has 0 bridgehead atoms. The molecule has 1 nitrogen and oxygen atoms in total. The molecule has 0 rings (SSSR count). The second-order valence-corrected chi connectivity index (χ2v) is 0. The van der Waals surface area contributed by atoms with Crippen LogP contribution >= 0.6 is 10.6 Å². The summed E-state index contributed by atoms with van der Waals surface area (Å²) in [5.74, 6) is 0. The molecule has 0 heterocycles. The Morgan fingerprint density at radius 2 is 1.25 bits per heavy atom. The van der Waals surface area contributed by atoms with E-state index in [-0.39, 0.29) is 23.2 Å². The van der Waals surface area contributed by atoms with Gasteiger partial charge in [0.1, 0.15) is 0 Å². The zero-order valence-electron chi connectivity index (χ0n) is 1.51. The minimum atomic E-state index is 0. The molecular weight excluding hydrogens is 165 g/mol. The van der Waals surface area contributed by atoms with Crippen molar-refractivity contribution >= 4 is 10.6 Å². The first kappa shape index (κ1) is 18.9. The van der Waals surface area contributed by atoms with E-state index < -0.39 is 0 Å². The molecule has 0 aliphatic heterocycles. The molecule has 0 N–H and O–H groups in total. The zero-order valence-corrected chi connectivity index (χ0v) is 4.37. The van der Waals surface area contributed by atoms with Crippen LogP contribution in [0.3, 0.4) is 0 Å². The first-order chi connectivity index (χ1) is 1.00. The van der Waals surface area contributed by atoms with E-state index >= 15 is 0 Å². The molecule has 0 aromatic heterocycles. The van der Waals surface area contributed by atoms with Gasteiger partial charge < -0.3 is 0 Å². The fourth-order valence-corrected chi connectivity index (χ4v) is 0. The third-order valence-electron chi connectivity index (χ3n) is 0. The Balaban J connectivity index is -0.00000000500. The van der Waals surface area contributed by atoms with Crippen molar-refractivity contribution in [3.63, 3.8) is 0 Å². The van der Waals surface area contributed by atoms with E-state index in [0.29, 0.717) is 0 Å². The van der Waals surface area contributed by atoms with E-state index in [0.717, 1.165) is 0 Å². The van der Waals surface area contributed by atoms with Gasteiger partial charge in [0.2, 0.25) is 0 Å². The Morgan fingerprint density at radius 3 is 1.25 bits per heavy atom. The molecule has 4 radical (unpaired) electrons. The standard InChI is InChI=1S/Cu.Fe.N.S. The Labute approximate surface area is 48.3 Å². The molecule has 0 aliphatic carbocycles. The monoisotopic (exact) mass is 165 g/mol. The predicted molar refractivity (Wildman–Crippen MR) is 9.72 cm³/mol. The van der Waals surface area contributed by atoms with Crippen molar-refractivity contribution in [1.29, 1.82) is 0 Å². The van der Waals surface area contributed by atoms with E-state index in [1.165, 1.54) is 0 Å². The van der Waals surface area contributed by atoms with Crippen LogP contribution in [-0.4, -0.2) is 0 Å². The summed E-state index contributed by atoms with van der Waals surface area (Å²) in [6.07, 6.45) is 0. The summed E-state index contributed by atoms with van der Waals surface area (Å²) in [6.45, 7) is 0. The summed E-state index contributed by atoms with van der Waals surface area (Å²) < 4.78 is 0. The molecule has 0 aromatic carbocycles. The zero-order chi connectivity index (χ0) is 2.00. The quantitative estimate of drug-likeness (QED) is 0.471. The van der Waals surface area contributed by atoms with Crippen molar-refractivity contribution in [3.8, 4) is 0 Å². The van der Waals surface area contributed by atoms with Crippen LogP contribution < -0.4 is 6.15 Å². The van der Waals surface area contributed by atoms with Crippen LogP contribution in [0.25, 0.3) is 0 Å². The molecule has 0 spiro atoms. The van der Waals surface area contributed by atoms with Crippen LogP contribution in [0.1, 0.15) is 0 Å². The van der Waals surface area contributed by atoms with Crippen LogP contribution in [0.4, 0.5) is 0 Å². The van der Waals surface area contributed by atoms with Crippen LogP contribution in [0.2, 0.25) is 0 Å². The van der Waals surface area contributed by atoms with Gasteiger partial charge in [-0.1, -0.05) is 0 Å². The average molecular weight is 165 g/mol. The summed E-state index contributed by atoms with van der Waals surface area (Å²) in [5, 5.41) is 0. The number of rotatable bonds is 0. The maximum atomic E-state index is 3.83.